The van der Waals surface area contributed by atoms with Gasteiger partial charge in [-0.2, -0.15) is 0 Å². The third-order valence-electron chi connectivity index (χ3n) is 3.07. The average Bonchev–Trinajstić information content (AvgIpc) is 2.46. The van der Waals surface area contributed by atoms with Gasteiger partial charge in [0.1, 0.15) is 11.4 Å². The monoisotopic (exact) mass is 270 g/mol. The Labute approximate surface area is 118 Å². The molecule has 0 spiro atoms. The SMILES string of the molecule is CC.CCCCCCNc1c(N(C)CC)c(=O)c1=O.[HH]. The van der Waals surface area contributed by atoms with E-state index in [2.05, 4.69) is 12.2 Å². The van der Waals surface area contributed by atoms with Gasteiger partial charge in [0, 0.05) is 21.6 Å². The summed E-state index contributed by atoms with van der Waals surface area (Å²) >= 11 is 0. The van der Waals surface area contributed by atoms with Crippen LogP contribution >= 0.6 is 0 Å². The summed E-state index contributed by atoms with van der Waals surface area (Å²) in [6.45, 7) is 9.63. The van der Waals surface area contributed by atoms with E-state index in [0.717, 1.165) is 25.9 Å². The van der Waals surface area contributed by atoms with Crippen LogP contribution in [-0.4, -0.2) is 20.1 Å². The van der Waals surface area contributed by atoms with E-state index in [4.69, 9.17) is 0 Å². The van der Waals surface area contributed by atoms with Gasteiger partial charge in [-0.25, -0.2) is 0 Å². The maximum atomic E-state index is 11.4. The fourth-order valence-corrected chi connectivity index (χ4v) is 1.83. The molecule has 0 radical (unpaired) electrons. The molecule has 0 aliphatic heterocycles. The van der Waals surface area contributed by atoms with Crippen LogP contribution in [0.4, 0.5) is 11.4 Å². The Bertz CT molecular complexity index is 425. The zero-order valence-electron chi connectivity index (χ0n) is 13.0. The van der Waals surface area contributed by atoms with E-state index in [-0.39, 0.29) is 12.3 Å². The summed E-state index contributed by atoms with van der Waals surface area (Å²) in [5.74, 6) is 0. The van der Waals surface area contributed by atoms with Crippen LogP contribution in [0.2, 0.25) is 0 Å². The van der Waals surface area contributed by atoms with E-state index in [1.165, 1.54) is 12.8 Å². The molecule has 1 N–H and O–H groups in total. The van der Waals surface area contributed by atoms with Crippen LogP contribution in [0.5, 0.6) is 0 Å². The van der Waals surface area contributed by atoms with Gasteiger partial charge in [0.15, 0.2) is 0 Å². The zero-order chi connectivity index (χ0) is 14.8. The fourth-order valence-electron chi connectivity index (χ4n) is 1.83. The Morgan fingerprint density at radius 2 is 1.68 bits per heavy atom. The van der Waals surface area contributed by atoms with Gasteiger partial charge in [0.2, 0.25) is 0 Å². The van der Waals surface area contributed by atoms with E-state index >= 15 is 0 Å². The molecule has 0 saturated carbocycles. The van der Waals surface area contributed by atoms with Crippen LogP contribution in [0.15, 0.2) is 9.59 Å². The highest BCUT2D eigenvalue weighted by molar-refractivity contribution is 5.74. The van der Waals surface area contributed by atoms with Gasteiger partial charge in [-0.05, 0) is 13.3 Å². The van der Waals surface area contributed by atoms with Crippen molar-refractivity contribution in [3.63, 3.8) is 0 Å². The van der Waals surface area contributed by atoms with Gasteiger partial charge in [-0.1, -0.05) is 40.0 Å². The van der Waals surface area contributed by atoms with Crippen LogP contribution in [0.3, 0.4) is 0 Å². The molecule has 0 saturated heterocycles. The fraction of sp³-hybridized carbons (Fsp3) is 0.733. The van der Waals surface area contributed by atoms with Crippen molar-refractivity contribution in [1.82, 2.24) is 0 Å². The number of rotatable bonds is 8. The molecule has 0 aliphatic carbocycles. The van der Waals surface area contributed by atoms with Gasteiger partial charge < -0.3 is 10.2 Å². The van der Waals surface area contributed by atoms with Crippen LogP contribution in [0.1, 0.15) is 54.8 Å². The highest BCUT2D eigenvalue weighted by Gasteiger charge is 2.22. The third kappa shape index (κ3) is 4.69. The predicted octanol–water partition coefficient (Wildman–Crippen LogP) is 3.00. The predicted molar refractivity (Wildman–Crippen MR) is 86.4 cm³/mol. The molecule has 1 aromatic carbocycles. The first kappa shape index (κ1) is 17.7. The molecule has 4 heteroatoms. The summed E-state index contributed by atoms with van der Waals surface area (Å²) < 4.78 is 0. The van der Waals surface area contributed by atoms with Crippen LogP contribution in [0, 0.1) is 0 Å². The normalized spacial score (nSPS) is 9.95. The molecule has 0 aromatic heterocycles. The molecule has 112 valence electrons. The largest absolute Gasteiger partial charge is 0.380 e. The first-order valence-corrected chi connectivity index (χ1v) is 7.41. The van der Waals surface area contributed by atoms with Gasteiger partial charge in [-0.15, -0.1) is 0 Å². The Morgan fingerprint density at radius 1 is 1.05 bits per heavy atom. The summed E-state index contributed by atoms with van der Waals surface area (Å²) in [5, 5.41) is 3.09. The Balaban J connectivity index is 0. The molecule has 1 aromatic rings. The van der Waals surface area contributed by atoms with E-state index < -0.39 is 0 Å². The minimum Gasteiger partial charge on any atom is -0.380 e. The van der Waals surface area contributed by atoms with Crippen molar-refractivity contribution in [3.8, 4) is 0 Å². The Hall–Kier alpha value is -1.32. The summed E-state index contributed by atoms with van der Waals surface area (Å²) in [6, 6.07) is 0. The van der Waals surface area contributed by atoms with Crippen LogP contribution < -0.4 is 21.1 Å². The van der Waals surface area contributed by atoms with E-state index in [1.807, 2.05) is 32.7 Å². The summed E-state index contributed by atoms with van der Waals surface area (Å²) in [7, 11) is 1.83. The molecule has 1 rings (SSSR count). The van der Waals surface area contributed by atoms with Crippen molar-refractivity contribution < 1.29 is 1.43 Å². The minimum absolute atomic E-state index is 0. The quantitative estimate of drug-likeness (QED) is 0.583. The number of hydrogen-bond donors (Lipinski definition) is 1. The lowest BCUT2D eigenvalue weighted by atomic mass is 10.1. The van der Waals surface area contributed by atoms with Crippen molar-refractivity contribution in [2.24, 2.45) is 0 Å². The Kier molecular flexibility index (Phi) is 8.92. The summed E-state index contributed by atoms with van der Waals surface area (Å²) in [4.78, 5) is 24.7. The molecule has 0 atom stereocenters. The van der Waals surface area contributed by atoms with Crippen LogP contribution in [0.25, 0.3) is 0 Å². The number of hydrogen-bond acceptors (Lipinski definition) is 4. The molecule has 4 nitrogen and oxygen atoms in total. The first-order valence-electron chi connectivity index (χ1n) is 7.41. The second-order valence-electron chi connectivity index (χ2n) is 4.38. The molecule has 0 bridgehead atoms. The second kappa shape index (κ2) is 9.59. The summed E-state index contributed by atoms with van der Waals surface area (Å²) in [6.07, 6.45) is 4.62. The lowest BCUT2D eigenvalue weighted by molar-refractivity contribution is 0.684. The molecular weight excluding hydrogens is 240 g/mol. The number of nitrogens with zero attached hydrogens (tertiary/aromatic N) is 1. The zero-order valence-corrected chi connectivity index (χ0v) is 13.0. The molecule has 19 heavy (non-hydrogen) atoms. The van der Waals surface area contributed by atoms with Crippen molar-refractivity contribution in [2.45, 2.75) is 53.4 Å². The summed E-state index contributed by atoms with van der Waals surface area (Å²) in [5.41, 5.74) is 0.338. The maximum Gasteiger partial charge on any atom is 0.253 e. The minimum atomic E-state index is -0.365. The third-order valence-corrected chi connectivity index (χ3v) is 3.07. The van der Waals surface area contributed by atoms with Gasteiger partial charge in [0.05, 0.1) is 0 Å². The molecule has 0 heterocycles. The lowest BCUT2D eigenvalue weighted by Gasteiger charge is -2.21. The molecule has 0 unspecified atom stereocenters. The molecule has 0 amide bonds. The van der Waals surface area contributed by atoms with Crippen LogP contribution in [-0.2, 0) is 0 Å². The average molecular weight is 270 g/mol. The standard InChI is InChI=1S/C13H22N2O2.C2H6.H2/c1-4-6-7-8-9-14-10-11(15(3)5-2)13(17)12(10)16;1-2;/h14H,4-9H2,1-3H3;1-2H3;1H. The first-order chi connectivity index (χ1) is 9.13. The molecular formula is C15H30N2O2. The topological polar surface area (TPSA) is 49.4 Å². The highest BCUT2D eigenvalue weighted by atomic mass is 16.2. The van der Waals surface area contributed by atoms with Crippen molar-refractivity contribution in [3.05, 3.63) is 20.4 Å². The number of nitrogens with one attached hydrogen (secondary N) is 1. The van der Waals surface area contributed by atoms with E-state index in [9.17, 15) is 9.59 Å². The maximum absolute atomic E-state index is 11.4. The van der Waals surface area contributed by atoms with Gasteiger partial charge in [0.25, 0.3) is 10.9 Å². The van der Waals surface area contributed by atoms with Crippen molar-refractivity contribution in [2.75, 3.05) is 30.4 Å². The van der Waals surface area contributed by atoms with E-state index in [1.54, 1.807) is 0 Å². The molecule has 0 fully saturated rings. The molecule has 0 aliphatic rings. The number of anilines is 2. The Morgan fingerprint density at radius 3 is 2.21 bits per heavy atom. The van der Waals surface area contributed by atoms with E-state index in [0.29, 0.717) is 11.4 Å². The smallest absolute Gasteiger partial charge is 0.253 e. The van der Waals surface area contributed by atoms with Crippen molar-refractivity contribution in [1.29, 1.82) is 0 Å². The van der Waals surface area contributed by atoms with Gasteiger partial charge >= 0.3 is 0 Å². The number of unbranched alkanes of at least 4 members (excludes halogenated alkanes) is 3. The highest BCUT2D eigenvalue weighted by Crippen LogP contribution is 2.18. The van der Waals surface area contributed by atoms with Crippen molar-refractivity contribution >= 4 is 11.4 Å². The lowest BCUT2D eigenvalue weighted by Crippen LogP contribution is -2.41. The van der Waals surface area contributed by atoms with Gasteiger partial charge in [-0.3, -0.25) is 9.59 Å². The second-order valence-corrected chi connectivity index (χ2v) is 4.38.